The number of carbonyl (C=O) groups excluding carboxylic acids is 2. The van der Waals surface area contributed by atoms with Crippen molar-refractivity contribution in [3.63, 3.8) is 0 Å². The second-order valence-electron chi connectivity index (χ2n) is 5.46. The zero-order valence-corrected chi connectivity index (χ0v) is 15.8. The molecule has 8 heteroatoms. The Bertz CT molecular complexity index is 714. The van der Waals surface area contributed by atoms with Gasteiger partial charge in [0.1, 0.15) is 5.76 Å². The monoisotopic (exact) mass is 442 g/mol. The van der Waals surface area contributed by atoms with Crippen LogP contribution in [0.25, 0.3) is 0 Å². The van der Waals surface area contributed by atoms with Crippen LogP contribution in [0.1, 0.15) is 12.7 Å². The molecule has 1 unspecified atom stereocenters. The summed E-state index contributed by atoms with van der Waals surface area (Å²) in [4.78, 5) is 25.9. The molecular formula is C16H19IN4O3. The van der Waals surface area contributed by atoms with Crippen LogP contribution in [0.5, 0.6) is 0 Å². The highest BCUT2D eigenvalue weighted by Crippen LogP contribution is 2.12. The van der Waals surface area contributed by atoms with Crippen molar-refractivity contribution < 1.29 is 14.1 Å². The van der Waals surface area contributed by atoms with Crippen LogP contribution in [0.3, 0.4) is 0 Å². The first-order valence-corrected chi connectivity index (χ1v) is 8.43. The van der Waals surface area contributed by atoms with Crippen LogP contribution in [0, 0.1) is 10.5 Å². The third kappa shape index (κ3) is 5.31. The number of likely N-dealkylation sites (N-methyl/N-ethyl adjacent to an activating group) is 1. The Morgan fingerprint density at radius 2 is 1.96 bits per heavy atom. The number of anilines is 2. The summed E-state index contributed by atoms with van der Waals surface area (Å²) in [7, 11) is 1.71. The smallest absolute Gasteiger partial charge is 0.241 e. The lowest BCUT2D eigenvalue weighted by molar-refractivity contribution is -0.122. The van der Waals surface area contributed by atoms with E-state index in [-0.39, 0.29) is 18.4 Å². The highest BCUT2D eigenvalue weighted by molar-refractivity contribution is 14.1. The fourth-order valence-electron chi connectivity index (χ4n) is 1.95. The highest BCUT2D eigenvalue weighted by Gasteiger charge is 2.20. The molecule has 2 aromatic rings. The molecule has 0 fully saturated rings. The molecule has 0 spiro atoms. The summed E-state index contributed by atoms with van der Waals surface area (Å²) < 4.78 is 5.98. The molecule has 0 radical (unpaired) electrons. The molecule has 0 bridgehead atoms. The Morgan fingerprint density at radius 3 is 2.54 bits per heavy atom. The lowest BCUT2D eigenvalue weighted by Gasteiger charge is -2.23. The molecule has 1 aromatic heterocycles. The van der Waals surface area contributed by atoms with E-state index in [4.69, 9.17) is 4.52 Å². The molecule has 0 saturated heterocycles. The van der Waals surface area contributed by atoms with Crippen molar-refractivity contribution in [2.45, 2.75) is 19.9 Å². The van der Waals surface area contributed by atoms with Crippen LogP contribution in [-0.4, -0.2) is 41.5 Å². The average Bonchev–Trinajstić information content (AvgIpc) is 2.93. The van der Waals surface area contributed by atoms with E-state index in [9.17, 15) is 9.59 Å². The molecule has 1 aromatic carbocycles. The maximum Gasteiger partial charge on any atom is 0.241 e. The fourth-order valence-corrected chi connectivity index (χ4v) is 2.31. The molecule has 24 heavy (non-hydrogen) atoms. The third-order valence-corrected chi connectivity index (χ3v) is 4.16. The van der Waals surface area contributed by atoms with Gasteiger partial charge < -0.3 is 15.2 Å². The van der Waals surface area contributed by atoms with E-state index in [0.717, 1.165) is 9.26 Å². The topological polar surface area (TPSA) is 87.5 Å². The summed E-state index contributed by atoms with van der Waals surface area (Å²) in [5.41, 5.74) is 0.725. The molecule has 7 nitrogen and oxygen atoms in total. The first-order chi connectivity index (χ1) is 11.3. The van der Waals surface area contributed by atoms with Gasteiger partial charge in [0.25, 0.3) is 0 Å². The van der Waals surface area contributed by atoms with Crippen molar-refractivity contribution in [3.05, 3.63) is 39.7 Å². The molecular weight excluding hydrogens is 423 g/mol. The van der Waals surface area contributed by atoms with Gasteiger partial charge in [0.05, 0.1) is 12.6 Å². The number of hydrogen-bond acceptors (Lipinski definition) is 5. The second kappa shape index (κ2) is 8.25. The maximum absolute atomic E-state index is 12.3. The van der Waals surface area contributed by atoms with Crippen molar-refractivity contribution >= 4 is 45.9 Å². The Balaban J connectivity index is 1.86. The van der Waals surface area contributed by atoms with E-state index in [0.29, 0.717) is 11.6 Å². The zero-order chi connectivity index (χ0) is 17.7. The Morgan fingerprint density at radius 1 is 1.29 bits per heavy atom. The van der Waals surface area contributed by atoms with Gasteiger partial charge in [-0.2, -0.15) is 0 Å². The molecule has 2 rings (SSSR count). The van der Waals surface area contributed by atoms with Crippen molar-refractivity contribution in [1.82, 2.24) is 10.1 Å². The molecule has 2 N–H and O–H groups in total. The predicted octanol–water partition coefficient (Wildman–Crippen LogP) is 2.49. The molecule has 1 heterocycles. The highest BCUT2D eigenvalue weighted by atomic mass is 127. The van der Waals surface area contributed by atoms with Crippen LogP contribution in [0.15, 0.2) is 34.9 Å². The number of carbonyl (C=O) groups is 2. The van der Waals surface area contributed by atoms with Gasteiger partial charge in [-0.05, 0) is 67.8 Å². The van der Waals surface area contributed by atoms with Crippen molar-refractivity contribution in [3.8, 4) is 0 Å². The molecule has 128 valence electrons. The van der Waals surface area contributed by atoms with Gasteiger partial charge in [-0.15, -0.1) is 0 Å². The summed E-state index contributed by atoms with van der Waals surface area (Å²) in [6.45, 7) is 3.55. The zero-order valence-electron chi connectivity index (χ0n) is 13.7. The van der Waals surface area contributed by atoms with Gasteiger partial charge in [-0.1, -0.05) is 5.16 Å². The van der Waals surface area contributed by atoms with Crippen LogP contribution in [0.2, 0.25) is 0 Å². The van der Waals surface area contributed by atoms with Gasteiger partial charge in [0, 0.05) is 15.3 Å². The lowest BCUT2D eigenvalue weighted by atomic mass is 10.2. The first kappa shape index (κ1) is 18.4. The van der Waals surface area contributed by atoms with Crippen LogP contribution in [-0.2, 0) is 9.59 Å². The lowest BCUT2D eigenvalue weighted by Crippen LogP contribution is -2.43. The standard InChI is InChI=1S/C16H19IN4O3/c1-10-8-14(20-24-10)19-15(22)9-21(3)11(2)16(23)18-13-6-4-12(17)5-7-13/h4-8,11H,9H2,1-3H3,(H,18,23)(H,19,20,22). The van der Waals surface area contributed by atoms with Gasteiger partial charge in [-0.25, -0.2) is 0 Å². The number of benzene rings is 1. The molecule has 0 aliphatic rings. The van der Waals surface area contributed by atoms with E-state index < -0.39 is 6.04 Å². The number of nitrogens with zero attached hydrogens (tertiary/aromatic N) is 2. The number of halogens is 1. The number of amides is 2. The molecule has 2 amide bonds. The van der Waals surface area contributed by atoms with Crippen LogP contribution < -0.4 is 10.6 Å². The van der Waals surface area contributed by atoms with Gasteiger partial charge in [0.15, 0.2) is 5.82 Å². The minimum absolute atomic E-state index is 0.0627. The number of hydrogen-bond donors (Lipinski definition) is 2. The molecule has 1 atom stereocenters. The quantitative estimate of drug-likeness (QED) is 0.672. The first-order valence-electron chi connectivity index (χ1n) is 7.35. The average molecular weight is 442 g/mol. The Labute approximate surface area is 153 Å². The minimum Gasteiger partial charge on any atom is -0.360 e. The van der Waals surface area contributed by atoms with E-state index in [1.54, 1.807) is 31.9 Å². The van der Waals surface area contributed by atoms with Crippen molar-refractivity contribution in [2.75, 3.05) is 24.2 Å². The number of aromatic nitrogens is 1. The van der Waals surface area contributed by atoms with Crippen molar-refractivity contribution in [2.24, 2.45) is 0 Å². The summed E-state index contributed by atoms with van der Waals surface area (Å²) in [6.07, 6.45) is 0. The van der Waals surface area contributed by atoms with Gasteiger partial charge in [-0.3, -0.25) is 14.5 Å². The second-order valence-corrected chi connectivity index (χ2v) is 6.70. The predicted molar refractivity (Wildman–Crippen MR) is 99.8 cm³/mol. The largest absolute Gasteiger partial charge is 0.360 e. The SMILES string of the molecule is Cc1cc(NC(=O)CN(C)C(C)C(=O)Nc2ccc(I)cc2)no1. The van der Waals surface area contributed by atoms with E-state index in [1.165, 1.54) is 0 Å². The summed E-state index contributed by atoms with van der Waals surface area (Å²) >= 11 is 2.20. The molecule has 0 saturated carbocycles. The minimum atomic E-state index is -0.464. The van der Waals surface area contributed by atoms with Gasteiger partial charge >= 0.3 is 0 Å². The summed E-state index contributed by atoms with van der Waals surface area (Å²) in [5.74, 6) is 0.536. The van der Waals surface area contributed by atoms with Gasteiger partial charge in [0.2, 0.25) is 11.8 Å². The van der Waals surface area contributed by atoms with Crippen LogP contribution in [0.4, 0.5) is 11.5 Å². The normalized spacial score (nSPS) is 12.0. The van der Waals surface area contributed by atoms with Crippen LogP contribution >= 0.6 is 22.6 Å². The summed E-state index contributed by atoms with van der Waals surface area (Å²) in [6, 6.07) is 8.67. The Kier molecular flexibility index (Phi) is 6.32. The Hall–Kier alpha value is -1.94. The molecule has 0 aliphatic carbocycles. The molecule has 0 aliphatic heterocycles. The van der Waals surface area contributed by atoms with E-state index >= 15 is 0 Å². The third-order valence-electron chi connectivity index (χ3n) is 3.44. The number of rotatable bonds is 6. The van der Waals surface area contributed by atoms with E-state index in [1.807, 2.05) is 24.3 Å². The number of aryl methyl sites for hydroxylation is 1. The maximum atomic E-state index is 12.3. The number of nitrogens with one attached hydrogen (secondary N) is 2. The fraction of sp³-hybridized carbons (Fsp3) is 0.312. The van der Waals surface area contributed by atoms with Crippen molar-refractivity contribution in [1.29, 1.82) is 0 Å². The van der Waals surface area contributed by atoms with E-state index in [2.05, 4.69) is 38.4 Å². The summed E-state index contributed by atoms with van der Waals surface area (Å²) in [5, 5.41) is 9.16.